The summed E-state index contributed by atoms with van der Waals surface area (Å²) in [6.45, 7) is 5.67. The summed E-state index contributed by atoms with van der Waals surface area (Å²) in [5.74, 6) is 0.200. The van der Waals surface area contributed by atoms with Crippen LogP contribution in [0, 0.1) is 5.82 Å². The van der Waals surface area contributed by atoms with Gasteiger partial charge in [0.25, 0.3) is 0 Å². The third-order valence-electron chi connectivity index (χ3n) is 5.62. The maximum atomic E-state index is 15.4. The molecule has 0 aromatic heterocycles. The van der Waals surface area contributed by atoms with Gasteiger partial charge < -0.3 is 29.0 Å². The maximum absolute atomic E-state index is 15.4. The molecular weight excluding hydrogens is 429 g/mol. The van der Waals surface area contributed by atoms with Crippen LogP contribution < -0.4 is 24.3 Å². The highest BCUT2D eigenvalue weighted by Crippen LogP contribution is 2.46. The van der Waals surface area contributed by atoms with Crippen molar-refractivity contribution < 1.29 is 32.9 Å². The van der Waals surface area contributed by atoms with Gasteiger partial charge in [-0.05, 0) is 49.8 Å². The van der Waals surface area contributed by atoms with Crippen molar-refractivity contribution in [1.82, 2.24) is 5.32 Å². The van der Waals surface area contributed by atoms with Gasteiger partial charge >= 0.3 is 6.09 Å². The minimum absolute atomic E-state index is 0.0171. The molecule has 7 nitrogen and oxygen atoms in total. The van der Waals surface area contributed by atoms with Crippen molar-refractivity contribution in [3.63, 3.8) is 0 Å². The van der Waals surface area contributed by atoms with Crippen molar-refractivity contribution >= 4 is 12.2 Å². The molecule has 1 aliphatic rings. The van der Waals surface area contributed by atoms with Gasteiger partial charge in [0, 0.05) is 18.5 Å². The fraction of sp³-hybridized carbons (Fsp3) is 0.400. The first-order valence-electron chi connectivity index (χ1n) is 10.5. The molecule has 3 rings (SSSR count). The molecule has 1 aliphatic heterocycles. The third-order valence-corrected chi connectivity index (χ3v) is 5.62. The Morgan fingerprint density at radius 1 is 1.03 bits per heavy atom. The number of benzene rings is 2. The standard InChI is InChI=1S/C25H30FNO6/c1-14(15-8-11-19(29-5)23(31-7)20(15)26)21(32-24(28)27-4)17-9-10-18-16(22(17)30-6)12-13-25(2,3)33-18/h8-14,21H,1-7H3,(H,27,28). The number of halogens is 1. The highest BCUT2D eigenvalue weighted by Gasteiger charge is 2.34. The zero-order valence-electron chi connectivity index (χ0n) is 19.9. The highest BCUT2D eigenvalue weighted by molar-refractivity contribution is 5.71. The van der Waals surface area contributed by atoms with Gasteiger partial charge in [-0.15, -0.1) is 0 Å². The lowest BCUT2D eigenvalue weighted by Gasteiger charge is -2.31. The summed E-state index contributed by atoms with van der Waals surface area (Å²) in [6.07, 6.45) is 2.31. The van der Waals surface area contributed by atoms with Crippen LogP contribution in [0.5, 0.6) is 23.0 Å². The van der Waals surface area contributed by atoms with Crippen LogP contribution in [0.25, 0.3) is 6.08 Å². The van der Waals surface area contributed by atoms with E-state index in [-0.39, 0.29) is 11.5 Å². The molecule has 2 aromatic rings. The van der Waals surface area contributed by atoms with Gasteiger partial charge in [0.05, 0.1) is 26.9 Å². The van der Waals surface area contributed by atoms with E-state index in [9.17, 15) is 4.79 Å². The minimum Gasteiger partial charge on any atom is -0.496 e. The molecule has 2 unspecified atom stereocenters. The largest absolute Gasteiger partial charge is 0.496 e. The number of ether oxygens (including phenoxy) is 5. The van der Waals surface area contributed by atoms with E-state index < -0.39 is 29.5 Å². The van der Waals surface area contributed by atoms with Crippen LogP contribution in [0.3, 0.4) is 0 Å². The number of rotatable bonds is 7. The van der Waals surface area contributed by atoms with E-state index in [2.05, 4.69) is 5.32 Å². The second-order valence-corrected chi connectivity index (χ2v) is 8.21. The van der Waals surface area contributed by atoms with Gasteiger partial charge in [-0.25, -0.2) is 9.18 Å². The van der Waals surface area contributed by atoms with Crippen LogP contribution in [-0.2, 0) is 4.74 Å². The highest BCUT2D eigenvalue weighted by atomic mass is 19.1. The van der Waals surface area contributed by atoms with Crippen molar-refractivity contribution in [3.05, 3.63) is 52.8 Å². The summed E-state index contributed by atoms with van der Waals surface area (Å²) in [4.78, 5) is 12.3. The van der Waals surface area contributed by atoms with Crippen molar-refractivity contribution in [1.29, 1.82) is 0 Å². The van der Waals surface area contributed by atoms with Crippen molar-refractivity contribution in [2.45, 2.75) is 38.4 Å². The molecule has 0 aliphatic carbocycles. The topological polar surface area (TPSA) is 75.3 Å². The molecule has 2 aromatic carbocycles. The molecule has 1 heterocycles. The molecule has 0 saturated carbocycles. The molecule has 178 valence electrons. The average Bonchev–Trinajstić information content (AvgIpc) is 2.80. The fourth-order valence-electron chi connectivity index (χ4n) is 3.93. The SMILES string of the molecule is CNC(=O)OC(c1ccc2c(c1OC)C=CC(C)(C)O2)C(C)c1ccc(OC)c(OC)c1F. The Balaban J connectivity index is 2.14. The quantitative estimate of drug-likeness (QED) is 0.611. The number of fused-ring (bicyclic) bond motifs is 1. The molecule has 2 atom stereocenters. The number of hydrogen-bond donors (Lipinski definition) is 1. The summed E-state index contributed by atoms with van der Waals surface area (Å²) in [5, 5.41) is 2.46. The Labute approximate surface area is 193 Å². The molecule has 0 bridgehead atoms. The molecule has 1 N–H and O–H groups in total. The first-order chi connectivity index (χ1) is 15.7. The van der Waals surface area contributed by atoms with Crippen molar-refractivity contribution in [2.75, 3.05) is 28.4 Å². The lowest BCUT2D eigenvalue weighted by Crippen LogP contribution is -2.28. The van der Waals surface area contributed by atoms with Gasteiger partial charge in [-0.1, -0.05) is 13.0 Å². The predicted octanol–water partition coefficient (Wildman–Crippen LogP) is 5.24. The lowest BCUT2D eigenvalue weighted by atomic mass is 9.87. The third kappa shape index (κ3) is 4.69. The van der Waals surface area contributed by atoms with Gasteiger partial charge in [0.1, 0.15) is 23.2 Å². The summed E-state index contributed by atoms with van der Waals surface area (Å²) in [5.41, 5.74) is 1.14. The van der Waals surface area contributed by atoms with Crippen molar-refractivity contribution in [3.8, 4) is 23.0 Å². The van der Waals surface area contributed by atoms with Gasteiger partial charge in [-0.2, -0.15) is 0 Å². The Bertz CT molecular complexity index is 1070. The predicted molar refractivity (Wildman–Crippen MR) is 123 cm³/mol. The second kappa shape index (κ2) is 9.60. The van der Waals surface area contributed by atoms with Crippen LogP contribution in [0.15, 0.2) is 30.3 Å². The van der Waals surface area contributed by atoms with E-state index in [1.165, 1.54) is 28.4 Å². The fourth-order valence-corrected chi connectivity index (χ4v) is 3.93. The molecule has 0 fully saturated rings. The molecule has 0 spiro atoms. The first-order valence-corrected chi connectivity index (χ1v) is 10.5. The smallest absolute Gasteiger partial charge is 0.407 e. The normalized spacial score (nSPS) is 15.5. The zero-order chi connectivity index (χ0) is 24.3. The molecular formula is C25H30FNO6. The number of hydrogen-bond acceptors (Lipinski definition) is 6. The van der Waals surface area contributed by atoms with Crippen LogP contribution in [0.1, 0.15) is 49.5 Å². The first kappa shape index (κ1) is 24.2. The van der Waals surface area contributed by atoms with Crippen LogP contribution in [0.4, 0.5) is 9.18 Å². The Hall–Kier alpha value is -3.42. The second-order valence-electron chi connectivity index (χ2n) is 8.21. The van der Waals surface area contributed by atoms with Crippen LogP contribution in [-0.4, -0.2) is 40.1 Å². The van der Waals surface area contributed by atoms with Gasteiger partial charge in [0.2, 0.25) is 0 Å². The Kier molecular flexibility index (Phi) is 7.05. The molecule has 1 amide bonds. The molecule has 0 saturated heterocycles. The monoisotopic (exact) mass is 459 g/mol. The van der Waals surface area contributed by atoms with Crippen molar-refractivity contribution in [2.24, 2.45) is 0 Å². The number of alkyl carbamates (subject to hydrolysis) is 1. The summed E-state index contributed by atoms with van der Waals surface area (Å²) in [6, 6.07) is 6.79. The van der Waals surface area contributed by atoms with Gasteiger partial charge in [0.15, 0.2) is 17.3 Å². The van der Waals surface area contributed by atoms with E-state index in [1.54, 1.807) is 31.2 Å². The van der Waals surface area contributed by atoms with E-state index in [4.69, 9.17) is 23.7 Å². The van der Waals surface area contributed by atoms with E-state index in [1.807, 2.05) is 26.0 Å². The Morgan fingerprint density at radius 3 is 2.30 bits per heavy atom. The summed E-state index contributed by atoms with van der Waals surface area (Å²) < 4.78 is 43.3. The number of carbonyl (C=O) groups excluding carboxylic acids is 1. The van der Waals surface area contributed by atoms with E-state index in [0.29, 0.717) is 22.6 Å². The molecule has 33 heavy (non-hydrogen) atoms. The lowest BCUT2D eigenvalue weighted by molar-refractivity contribution is 0.0834. The number of carbonyl (C=O) groups is 1. The molecule has 8 heteroatoms. The Morgan fingerprint density at radius 2 is 1.70 bits per heavy atom. The molecule has 0 radical (unpaired) electrons. The average molecular weight is 460 g/mol. The van der Waals surface area contributed by atoms with E-state index >= 15 is 4.39 Å². The maximum Gasteiger partial charge on any atom is 0.407 e. The zero-order valence-corrected chi connectivity index (χ0v) is 19.9. The van der Waals surface area contributed by atoms with Crippen LogP contribution in [0.2, 0.25) is 0 Å². The number of amides is 1. The minimum atomic E-state index is -0.874. The van der Waals surface area contributed by atoms with Gasteiger partial charge in [-0.3, -0.25) is 0 Å². The number of methoxy groups -OCH3 is 3. The number of nitrogens with one attached hydrogen (secondary N) is 1. The van der Waals surface area contributed by atoms with E-state index in [0.717, 1.165) is 5.56 Å². The summed E-state index contributed by atoms with van der Waals surface area (Å²) in [7, 11) is 5.80. The summed E-state index contributed by atoms with van der Waals surface area (Å²) >= 11 is 0. The van der Waals surface area contributed by atoms with Crippen LogP contribution >= 0.6 is 0 Å².